The van der Waals surface area contributed by atoms with Crippen molar-refractivity contribution in [2.24, 2.45) is 5.73 Å². The summed E-state index contributed by atoms with van der Waals surface area (Å²) < 4.78 is 10.4. The van der Waals surface area contributed by atoms with E-state index in [1.165, 1.54) is 0 Å². The van der Waals surface area contributed by atoms with Crippen LogP contribution in [-0.4, -0.2) is 20.3 Å². The number of hydrogen-bond donors (Lipinski definition) is 1. The van der Waals surface area contributed by atoms with Crippen LogP contribution in [0.5, 0.6) is 11.5 Å². The van der Waals surface area contributed by atoms with E-state index in [1.54, 1.807) is 14.2 Å². The molecule has 88 valence electrons. The fourth-order valence-corrected chi connectivity index (χ4v) is 1.61. The van der Waals surface area contributed by atoms with E-state index in [0.29, 0.717) is 0 Å². The molecule has 1 aromatic rings. The van der Waals surface area contributed by atoms with Gasteiger partial charge in [0.25, 0.3) is 0 Å². The third-order valence-corrected chi connectivity index (χ3v) is 2.42. The molecule has 0 spiro atoms. The van der Waals surface area contributed by atoms with Gasteiger partial charge in [0.05, 0.1) is 14.2 Å². The van der Waals surface area contributed by atoms with Gasteiger partial charge >= 0.3 is 0 Å². The lowest BCUT2D eigenvalue weighted by atomic mass is 10.0. The van der Waals surface area contributed by atoms with Gasteiger partial charge in [0.2, 0.25) is 0 Å². The number of benzene rings is 1. The van der Waals surface area contributed by atoms with Crippen molar-refractivity contribution in [3.05, 3.63) is 36.4 Å². The normalized spacial score (nSPS) is 11.9. The summed E-state index contributed by atoms with van der Waals surface area (Å²) >= 11 is 0. The Morgan fingerprint density at radius 1 is 1.31 bits per heavy atom. The number of methoxy groups -OCH3 is 2. The molecule has 16 heavy (non-hydrogen) atoms. The molecule has 3 nitrogen and oxygen atoms in total. The van der Waals surface area contributed by atoms with Gasteiger partial charge in [-0.25, -0.2) is 0 Å². The summed E-state index contributed by atoms with van der Waals surface area (Å²) in [6, 6.07) is 5.97. The summed E-state index contributed by atoms with van der Waals surface area (Å²) in [5.41, 5.74) is 7.08. The van der Waals surface area contributed by atoms with Gasteiger partial charge in [0.15, 0.2) is 11.5 Å². The van der Waals surface area contributed by atoms with Gasteiger partial charge in [0, 0.05) is 6.04 Å². The summed E-state index contributed by atoms with van der Waals surface area (Å²) in [6.45, 7) is 3.68. The highest BCUT2D eigenvalue weighted by Gasteiger charge is 2.07. The van der Waals surface area contributed by atoms with E-state index in [2.05, 4.69) is 6.58 Å². The minimum atomic E-state index is 0.107. The van der Waals surface area contributed by atoms with Crippen molar-refractivity contribution >= 4 is 0 Å². The molecule has 1 atom stereocenters. The lowest BCUT2D eigenvalue weighted by Gasteiger charge is -2.12. The molecule has 0 saturated heterocycles. The highest BCUT2D eigenvalue weighted by atomic mass is 16.5. The first-order valence-corrected chi connectivity index (χ1v) is 5.28. The number of hydrogen-bond acceptors (Lipinski definition) is 3. The summed E-state index contributed by atoms with van der Waals surface area (Å²) in [7, 11) is 3.26. The summed E-state index contributed by atoms with van der Waals surface area (Å²) in [6.07, 6.45) is 3.46. The molecule has 0 aliphatic carbocycles. The van der Waals surface area contributed by atoms with Gasteiger partial charge < -0.3 is 15.2 Å². The van der Waals surface area contributed by atoms with Crippen LogP contribution in [-0.2, 0) is 6.42 Å². The average Bonchev–Trinajstić information content (AvgIpc) is 2.29. The summed E-state index contributed by atoms with van der Waals surface area (Å²) in [4.78, 5) is 0. The first-order valence-electron chi connectivity index (χ1n) is 5.28. The molecule has 0 bridgehead atoms. The zero-order chi connectivity index (χ0) is 12.0. The topological polar surface area (TPSA) is 44.5 Å². The Hall–Kier alpha value is -1.48. The van der Waals surface area contributed by atoms with Crippen molar-refractivity contribution in [2.45, 2.75) is 18.9 Å². The van der Waals surface area contributed by atoms with E-state index in [1.807, 2.05) is 24.3 Å². The molecule has 1 unspecified atom stereocenters. The largest absolute Gasteiger partial charge is 0.493 e. The smallest absolute Gasteiger partial charge is 0.160 e. The molecule has 0 radical (unpaired) electrons. The molecule has 1 aromatic carbocycles. The van der Waals surface area contributed by atoms with Gasteiger partial charge in [-0.15, -0.1) is 6.58 Å². The van der Waals surface area contributed by atoms with E-state index in [4.69, 9.17) is 15.2 Å². The molecule has 0 aliphatic rings. The lowest BCUT2D eigenvalue weighted by Crippen LogP contribution is -2.21. The zero-order valence-electron chi connectivity index (χ0n) is 9.90. The molecule has 0 aliphatic heterocycles. The Labute approximate surface area is 96.9 Å². The molecule has 0 amide bonds. The Bertz CT molecular complexity index is 350. The third-order valence-electron chi connectivity index (χ3n) is 2.42. The van der Waals surface area contributed by atoms with Gasteiger partial charge in [-0.2, -0.15) is 0 Å². The SMILES string of the molecule is C=CCC(N)Cc1ccc(OC)c(OC)c1. The van der Waals surface area contributed by atoms with E-state index in [-0.39, 0.29) is 6.04 Å². The Morgan fingerprint density at radius 3 is 2.56 bits per heavy atom. The molecule has 0 heterocycles. The minimum Gasteiger partial charge on any atom is -0.493 e. The molecule has 0 fully saturated rings. The van der Waals surface area contributed by atoms with Crippen LogP contribution in [0.3, 0.4) is 0 Å². The van der Waals surface area contributed by atoms with E-state index in [0.717, 1.165) is 29.9 Å². The maximum absolute atomic E-state index is 5.94. The average molecular weight is 221 g/mol. The third kappa shape index (κ3) is 3.28. The van der Waals surface area contributed by atoms with Crippen molar-refractivity contribution in [1.29, 1.82) is 0 Å². The van der Waals surface area contributed by atoms with Crippen molar-refractivity contribution in [3.63, 3.8) is 0 Å². The molecule has 2 N–H and O–H groups in total. The van der Waals surface area contributed by atoms with Crippen molar-refractivity contribution in [2.75, 3.05) is 14.2 Å². The fourth-order valence-electron chi connectivity index (χ4n) is 1.61. The van der Waals surface area contributed by atoms with Crippen LogP contribution in [0.2, 0.25) is 0 Å². The molecular formula is C13H19NO2. The van der Waals surface area contributed by atoms with Gasteiger partial charge in [-0.3, -0.25) is 0 Å². The molecule has 1 rings (SSSR count). The first kappa shape index (κ1) is 12.6. The lowest BCUT2D eigenvalue weighted by molar-refractivity contribution is 0.354. The number of ether oxygens (including phenoxy) is 2. The fraction of sp³-hybridized carbons (Fsp3) is 0.385. The predicted molar refractivity (Wildman–Crippen MR) is 66.0 cm³/mol. The van der Waals surface area contributed by atoms with Crippen LogP contribution in [0, 0.1) is 0 Å². The maximum atomic E-state index is 5.94. The first-order chi connectivity index (χ1) is 7.71. The van der Waals surface area contributed by atoms with Crippen LogP contribution in [0.25, 0.3) is 0 Å². The second-order valence-electron chi connectivity index (χ2n) is 3.68. The number of nitrogens with two attached hydrogens (primary N) is 1. The minimum absolute atomic E-state index is 0.107. The van der Waals surface area contributed by atoms with Crippen LogP contribution in [0.4, 0.5) is 0 Å². The molecular weight excluding hydrogens is 202 g/mol. The standard InChI is InChI=1S/C13H19NO2/c1-4-5-11(14)8-10-6-7-12(15-2)13(9-10)16-3/h4,6-7,9,11H,1,5,8,14H2,2-3H3. The van der Waals surface area contributed by atoms with Crippen LogP contribution < -0.4 is 15.2 Å². The highest BCUT2D eigenvalue weighted by molar-refractivity contribution is 5.43. The van der Waals surface area contributed by atoms with Gasteiger partial charge in [-0.05, 0) is 30.5 Å². The quantitative estimate of drug-likeness (QED) is 0.749. The van der Waals surface area contributed by atoms with E-state index >= 15 is 0 Å². The van der Waals surface area contributed by atoms with Crippen molar-refractivity contribution in [3.8, 4) is 11.5 Å². The Kier molecular flexibility index (Phi) is 4.86. The van der Waals surface area contributed by atoms with Crippen molar-refractivity contribution < 1.29 is 9.47 Å². The van der Waals surface area contributed by atoms with Crippen molar-refractivity contribution in [1.82, 2.24) is 0 Å². The highest BCUT2D eigenvalue weighted by Crippen LogP contribution is 2.27. The molecule has 3 heteroatoms. The van der Waals surface area contributed by atoms with Crippen LogP contribution >= 0.6 is 0 Å². The molecule has 0 saturated carbocycles. The van der Waals surface area contributed by atoms with E-state index < -0.39 is 0 Å². The Morgan fingerprint density at radius 2 is 2.00 bits per heavy atom. The summed E-state index contributed by atoms with van der Waals surface area (Å²) in [5.74, 6) is 1.48. The van der Waals surface area contributed by atoms with E-state index in [9.17, 15) is 0 Å². The van der Waals surface area contributed by atoms with Crippen LogP contribution in [0.15, 0.2) is 30.9 Å². The van der Waals surface area contributed by atoms with Gasteiger partial charge in [-0.1, -0.05) is 12.1 Å². The molecule has 0 aromatic heterocycles. The monoisotopic (exact) mass is 221 g/mol. The van der Waals surface area contributed by atoms with Gasteiger partial charge in [0.1, 0.15) is 0 Å². The second-order valence-corrected chi connectivity index (χ2v) is 3.68. The maximum Gasteiger partial charge on any atom is 0.160 e. The Balaban J connectivity index is 2.78. The van der Waals surface area contributed by atoms with Crippen LogP contribution in [0.1, 0.15) is 12.0 Å². The second kappa shape index (κ2) is 6.18. The number of rotatable bonds is 6. The zero-order valence-corrected chi connectivity index (χ0v) is 9.90. The predicted octanol–water partition coefficient (Wildman–Crippen LogP) is 2.15. The summed E-state index contributed by atoms with van der Waals surface area (Å²) in [5, 5.41) is 0.